The molecule has 0 radical (unpaired) electrons. The summed E-state index contributed by atoms with van der Waals surface area (Å²) in [5.74, 6) is -0.634. The number of esters is 1. The molecule has 0 aliphatic heterocycles. The predicted octanol–water partition coefficient (Wildman–Crippen LogP) is 2.70. The summed E-state index contributed by atoms with van der Waals surface area (Å²) in [6.45, 7) is 5.24. The van der Waals surface area contributed by atoms with Gasteiger partial charge in [0, 0.05) is 11.9 Å². The van der Waals surface area contributed by atoms with Crippen LogP contribution in [-0.4, -0.2) is 33.5 Å². The third kappa shape index (κ3) is 4.61. The second kappa shape index (κ2) is 8.01. The molecule has 0 spiro atoms. The first-order valence-corrected chi connectivity index (χ1v) is 8.55. The lowest BCUT2D eigenvalue weighted by Gasteiger charge is -2.13. The number of hydrogen-bond acceptors (Lipinski definition) is 5. The smallest absolute Gasteiger partial charge is 0.317 e. The Hall–Kier alpha value is -2.28. The van der Waals surface area contributed by atoms with Crippen molar-refractivity contribution in [2.24, 2.45) is 7.05 Å². The average Bonchev–Trinajstić information content (AvgIpc) is 2.80. The zero-order valence-electron chi connectivity index (χ0n) is 14.2. The van der Waals surface area contributed by atoms with Gasteiger partial charge < -0.3 is 10.1 Å². The molecule has 1 amide bonds. The molecule has 128 valence electrons. The molecule has 0 saturated carbocycles. The first kappa shape index (κ1) is 18.1. The Morgan fingerprint density at radius 3 is 2.54 bits per heavy atom. The van der Waals surface area contributed by atoms with Crippen molar-refractivity contribution >= 4 is 29.3 Å². The highest BCUT2D eigenvalue weighted by atomic mass is 32.2. The molecule has 0 bridgehead atoms. The van der Waals surface area contributed by atoms with E-state index in [0.29, 0.717) is 5.69 Å². The number of aryl methyl sites for hydroxylation is 2. The Bertz CT molecular complexity index is 728. The Kier molecular flexibility index (Phi) is 6.03. The first-order chi connectivity index (χ1) is 11.4. The van der Waals surface area contributed by atoms with Crippen molar-refractivity contribution < 1.29 is 14.3 Å². The maximum Gasteiger partial charge on any atom is 0.317 e. The van der Waals surface area contributed by atoms with E-state index in [0.717, 1.165) is 16.3 Å². The fraction of sp³-hybridized carbons (Fsp3) is 0.353. The second-order valence-corrected chi connectivity index (χ2v) is 6.44. The highest BCUT2D eigenvalue weighted by molar-refractivity contribution is 8.00. The van der Waals surface area contributed by atoms with E-state index >= 15 is 0 Å². The van der Waals surface area contributed by atoms with Gasteiger partial charge in [-0.05, 0) is 32.9 Å². The van der Waals surface area contributed by atoms with Gasteiger partial charge in [-0.1, -0.05) is 18.2 Å². The summed E-state index contributed by atoms with van der Waals surface area (Å²) < 4.78 is 6.89. The molecule has 24 heavy (non-hydrogen) atoms. The quantitative estimate of drug-likeness (QED) is 0.642. The van der Waals surface area contributed by atoms with Gasteiger partial charge in [0.05, 0.1) is 22.8 Å². The van der Waals surface area contributed by atoms with Crippen molar-refractivity contribution in [3.8, 4) is 0 Å². The van der Waals surface area contributed by atoms with Gasteiger partial charge in [-0.3, -0.25) is 14.3 Å². The van der Waals surface area contributed by atoms with Crippen molar-refractivity contribution in [3.63, 3.8) is 0 Å². The van der Waals surface area contributed by atoms with Gasteiger partial charge in [-0.2, -0.15) is 5.10 Å². The van der Waals surface area contributed by atoms with Gasteiger partial charge in [-0.25, -0.2) is 0 Å². The van der Waals surface area contributed by atoms with Gasteiger partial charge in [0.2, 0.25) is 0 Å². The second-order valence-electron chi connectivity index (χ2n) is 5.39. The molecule has 6 nitrogen and oxygen atoms in total. The van der Waals surface area contributed by atoms with Crippen LogP contribution in [0.2, 0.25) is 0 Å². The van der Waals surface area contributed by atoms with Crippen LogP contribution in [0.4, 0.5) is 5.69 Å². The van der Waals surface area contributed by atoms with Crippen molar-refractivity contribution in [1.29, 1.82) is 0 Å². The molecule has 0 unspecified atom stereocenters. The van der Waals surface area contributed by atoms with E-state index in [1.165, 1.54) is 11.8 Å². The van der Waals surface area contributed by atoms with Crippen LogP contribution in [-0.2, 0) is 21.4 Å². The highest BCUT2D eigenvalue weighted by Crippen LogP contribution is 2.19. The summed E-state index contributed by atoms with van der Waals surface area (Å²) in [4.78, 5) is 25.1. The maximum absolute atomic E-state index is 12.2. The molecule has 7 heteroatoms. The molecule has 0 aliphatic rings. The number of rotatable bonds is 6. The molecule has 2 rings (SSSR count). The topological polar surface area (TPSA) is 73.2 Å². The van der Waals surface area contributed by atoms with Crippen LogP contribution >= 0.6 is 11.8 Å². The Balaban J connectivity index is 1.85. The SMILES string of the molecule is Cc1nn(C)c(C)c1NC(=O)[C@@H](C)OC(=O)CSc1ccccc1. The van der Waals surface area contributed by atoms with Crippen LogP contribution in [0.1, 0.15) is 18.3 Å². The number of nitrogens with zero attached hydrogens (tertiary/aromatic N) is 2. The van der Waals surface area contributed by atoms with E-state index in [9.17, 15) is 9.59 Å². The van der Waals surface area contributed by atoms with Crippen LogP contribution in [0.15, 0.2) is 35.2 Å². The minimum absolute atomic E-state index is 0.159. The number of amides is 1. The van der Waals surface area contributed by atoms with E-state index in [1.807, 2.05) is 51.2 Å². The largest absolute Gasteiger partial charge is 0.452 e. The highest BCUT2D eigenvalue weighted by Gasteiger charge is 2.20. The lowest BCUT2D eigenvalue weighted by atomic mass is 10.3. The molecule has 0 aliphatic carbocycles. The van der Waals surface area contributed by atoms with Gasteiger partial charge in [0.15, 0.2) is 6.10 Å². The fourth-order valence-corrected chi connectivity index (χ4v) is 2.83. The number of aromatic nitrogens is 2. The number of thioether (sulfide) groups is 1. The molecule has 1 N–H and O–H groups in total. The van der Waals surface area contributed by atoms with Crippen molar-refractivity contribution in [3.05, 3.63) is 41.7 Å². The summed E-state index contributed by atoms with van der Waals surface area (Å²) in [5, 5.41) is 7.01. The predicted molar refractivity (Wildman–Crippen MR) is 94.0 cm³/mol. The van der Waals surface area contributed by atoms with Crippen LogP contribution in [0, 0.1) is 13.8 Å². The van der Waals surface area contributed by atoms with Gasteiger partial charge in [0.25, 0.3) is 5.91 Å². The zero-order valence-corrected chi connectivity index (χ0v) is 15.0. The molecule has 1 aromatic carbocycles. The van der Waals surface area contributed by atoms with Crippen LogP contribution in [0.5, 0.6) is 0 Å². The molecular formula is C17H21N3O3S. The third-order valence-corrected chi connectivity index (χ3v) is 4.52. The normalized spacial score (nSPS) is 11.8. The Morgan fingerprint density at radius 1 is 1.29 bits per heavy atom. The average molecular weight is 347 g/mol. The summed E-state index contributed by atoms with van der Waals surface area (Å²) in [6.07, 6.45) is -0.868. The van der Waals surface area contributed by atoms with E-state index in [2.05, 4.69) is 10.4 Å². The van der Waals surface area contributed by atoms with Crippen LogP contribution < -0.4 is 5.32 Å². The third-order valence-electron chi connectivity index (χ3n) is 3.53. The van der Waals surface area contributed by atoms with Crippen molar-refractivity contribution in [2.45, 2.75) is 31.8 Å². The summed E-state index contributed by atoms with van der Waals surface area (Å²) in [7, 11) is 1.81. The standard InChI is InChI=1S/C17H21N3O3S/c1-11-16(12(2)20(4)19-11)18-17(22)13(3)23-15(21)10-24-14-8-6-5-7-9-14/h5-9,13H,10H2,1-4H3,(H,18,22)/t13-/m1/s1. The molecular weight excluding hydrogens is 326 g/mol. The minimum Gasteiger partial charge on any atom is -0.452 e. The summed E-state index contributed by atoms with van der Waals surface area (Å²) in [5.41, 5.74) is 2.23. The van der Waals surface area contributed by atoms with E-state index < -0.39 is 12.1 Å². The van der Waals surface area contributed by atoms with Gasteiger partial charge in [0.1, 0.15) is 0 Å². The Morgan fingerprint density at radius 2 is 1.96 bits per heavy atom. The van der Waals surface area contributed by atoms with Gasteiger partial charge >= 0.3 is 5.97 Å². The summed E-state index contributed by atoms with van der Waals surface area (Å²) >= 11 is 1.37. The lowest BCUT2D eigenvalue weighted by molar-refractivity contribution is -0.150. The van der Waals surface area contributed by atoms with E-state index in [1.54, 1.807) is 11.6 Å². The lowest BCUT2D eigenvalue weighted by Crippen LogP contribution is -2.30. The number of nitrogens with one attached hydrogen (secondary N) is 1. The number of carbonyl (C=O) groups is 2. The maximum atomic E-state index is 12.2. The van der Waals surface area contributed by atoms with Crippen LogP contribution in [0.25, 0.3) is 0 Å². The van der Waals surface area contributed by atoms with Gasteiger partial charge in [-0.15, -0.1) is 11.8 Å². The van der Waals surface area contributed by atoms with E-state index in [-0.39, 0.29) is 11.7 Å². The fourth-order valence-electron chi connectivity index (χ4n) is 2.12. The van der Waals surface area contributed by atoms with Crippen LogP contribution in [0.3, 0.4) is 0 Å². The van der Waals surface area contributed by atoms with E-state index in [4.69, 9.17) is 4.74 Å². The minimum atomic E-state index is -0.868. The number of hydrogen-bond donors (Lipinski definition) is 1. The Labute approximate surface area is 145 Å². The zero-order chi connectivity index (χ0) is 17.7. The molecule has 0 fully saturated rings. The van der Waals surface area contributed by atoms with Crippen molar-refractivity contribution in [1.82, 2.24) is 9.78 Å². The molecule has 0 saturated heterocycles. The number of carbonyl (C=O) groups excluding carboxylic acids is 2. The summed E-state index contributed by atoms with van der Waals surface area (Å²) in [6, 6.07) is 9.56. The molecule has 2 aromatic rings. The molecule has 1 aromatic heterocycles. The monoisotopic (exact) mass is 347 g/mol. The van der Waals surface area contributed by atoms with Crippen molar-refractivity contribution in [2.75, 3.05) is 11.1 Å². The number of benzene rings is 1. The molecule has 1 heterocycles. The first-order valence-electron chi connectivity index (χ1n) is 7.57. The number of ether oxygens (including phenoxy) is 1. The molecule has 1 atom stereocenters. The number of anilines is 1.